The Kier molecular flexibility index (Phi) is 7.40. The van der Waals surface area contributed by atoms with Gasteiger partial charge in [-0.15, -0.1) is 0 Å². The molecular weight excluding hydrogens is 290 g/mol. The van der Waals surface area contributed by atoms with Crippen molar-refractivity contribution in [2.75, 3.05) is 19.8 Å². The Hall–Kier alpha value is -1.55. The first-order chi connectivity index (χ1) is 11.2. The molecule has 0 aromatic heterocycles. The fourth-order valence-electron chi connectivity index (χ4n) is 2.99. The number of benzene rings is 1. The Morgan fingerprint density at radius 1 is 1.17 bits per heavy atom. The minimum atomic E-state index is -0.0191. The maximum absolute atomic E-state index is 12.2. The first kappa shape index (κ1) is 17.8. The van der Waals surface area contributed by atoms with Crippen molar-refractivity contribution in [2.45, 2.75) is 45.4 Å². The van der Waals surface area contributed by atoms with Crippen LogP contribution < -0.4 is 10.1 Å². The number of unbranched alkanes of at least 4 members (excludes halogenated alkanes) is 1. The standard InChI is InChI=1S/C19H29NO3/c1-2-3-12-23-18-10-8-17(9-11-18)19(22)20-13-15-4-6-16(14-21)7-5-15/h8-11,15-16,21H,2-7,12-14H2,1H3,(H,20,22)/t15-,16+. The number of aliphatic hydroxyl groups is 1. The molecule has 128 valence electrons. The molecule has 1 fully saturated rings. The van der Waals surface area contributed by atoms with Crippen LogP contribution in [0.3, 0.4) is 0 Å². The van der Waals surface area contributed by atoms with Crippen LogP contribution >= 0.6 is 0 Å². The lowest BCUT2D eigenvalue weighted by atomic mass is 9.82. The van der Waals surface area contributed by atoms with Crippen molar-refractivity contribution in [2.24, 2.45) is 11.8 Å². The summed E-state index contributed by atoms with van der Waals surface area (Å²) in [4.78, 5) is 12.2. The van der Waals surface area contributed by atoms with Gasteiger partial charge < -0.3 is 15.2 Å². The second-order valence-electron chi connectivity index (χ2n) is 6.51. The highest BCUT2D eigenvalue weighted by Crippen LogP contribution is 2.27. The zero-order chi connectivity index (χ0) is 16.5. The van der Waals surface area contributed by atoms with E-state index in [4.69, 9.17) is 9.84 Å². The van der Waals surface area contributed by atoms with E-state index < -0.39 is 0 Å². The number of amides is 1. The van der Waals surface area contributed by atoms with Gasteiger partial charge in [0.25, 0.3) is 5.91 Å². The van der Waals surface area contributed by atoms with E-state index in [1.807, 2.05) is 24.3 Å². The van der Waals surface area contributed by atoms with E-state index >= 15 is 0 Å². The van der Waals surface area contributed by atoms with Crippen LogP contribution in [-0.4, -0.2) is 30.8 Å². The average Bonchev–Trinajstić information content (AvgIpc) is 2.61. The molecule has 1 aromatic rings. The van der Waals surface area contributed by atoms with Crippen molar-refractivity contribution in [1.82, 2.24) is 5.32 Å². The van der Waals surface area contributed by atoms with Gasteiger partial charge in [-0.1, -0.05) is 13.3 Å². The fourth-order valence-corrected chi connectivity index (χ4v) is 2.99. The van der Waals surface area contributed by atoms with Crippen LogP contribution in [0.2, 0.25) is 0 Å². The van der Waals surface area contributed by atoms with Crippen LogP contribution in [0.1, 0.15) is 55.8 Å². The number of hydrogen-bond donors (Lipinski definition) is 2. The summed E-state index contributed by atoms with van der Waals surface area (Å²) in [6.07, 6.45) is 6.48. The van der Waals surface area contributed by atoms with Crippen molar-refractivity contribution < 1.29 is 14.6 Å². The molecule has 0 unspecified atom stereocenters. The monoisotopic (exact) mass is 319 g/mol. The van der Waals surface area contributed by atoms with Gasteiger partial charge in [0.15, 0.2) is 0 Å². The van der Waals surface area contributed by atoms with E-state index in [-0.39, 0.29) is 5.91 Å². The van der Waals surface area contributed by atoms with Gasteiger partial charge in [0, 0.05) is 18.7 Å². The first-order valence-electron chi connectivity index (χ1n) is 8.84. The molecule has 0 atom stereocenters. The molecule has 0 heterocycles. The smallest absolute Gasteiger partial charge is 0.251 e. The van der Waals surface area contributed by atoms with E-state index in [0.29, 0.717) is 24.0 Å². The van der Waals surface area contributed by atoms with Gasteiger partial charge in [0.05, 0.1) is 6.61 Å². The summed E-state index contributed by atoms with van der Waals surface area (Å²) in [5.74, 6) is 1.80. The molecule has 0 radical (unpaired) electrons. The van der Waals surface area contributed by atoms with Gasteiger partial charge in [0.2, 0.25) is 0 Å². The van der Waals surface area contributed by atoms with Crippen molar-refractivity contribution in [3.63, 3.8) is 0 Å². The highest BCUT2D eigenvalue weighted by Gasteiger charge is 2.21. The van der Waals surface area contributed by atoms with E-state index in [2.05, 4.69) is 12.2 Å². The summed E-state index contributed by atoms with van der Waals surface area (Å²) in [6, 6.07) is 7.35. The third kappa shape index (κ3) is 5.87. The number of carbonyl (C=O) groups is 1. The average molecular weight is 319 g/mol. The zero-order valence-corrected chi connectivity index (χ0v) is 14.1. The summed E-state index contributed by atoms with van der Waals surface area (Å²) in [7, 11) is 0. The van der Waals surface area contributed by atoms with Gasteiger partial charge in [-0.2, -0.15) is 0 Å². The molecule has 0 spiro atoms. The van der Waals surface area contributed by atoms with Crippen LogP contribution in [-0.2, 0) is 0 Å². The summed E-state index contributed by atoms with van der Waals surface area (Å²) >= 11 is 0. The summed E-state index contributed by atoms with van der Waals surface area (Å²) in [5, 5.41) is 12.2. The molecule has 23 heavy (non-hydrogen) atoms. The minimum absolute atomic E-state index is 0.0191. The first-order valence-corrected chi connectivity index (χ1v) is 8.84. The van der Waals surface area contributed by atoms with Crippen molar-refractivity contribution in [3.8, 4) is 5.75 Å². The molecule has 0 bridgehead atoms. The molecular formula is C19H29NO3. The van der Waals surface area contributed by atoms with Crippen LogP contribution in [0.5, 0.6) is 5.75 Å². The van der Waals surface area contributed by atoms with Crippen LogP contribution in [0, 0.1) is 11.8 Å². The van der Waals surface area contributed by atoms with E-state index in [0.717, 1.165) is 57.4 Å². The number of carbonyl (C=O) groups excluding carboxylic acids is 1. The topological polar surface area (TPSA) is 58.6 Å². The summed E-state index contributed by atoms with van der Waals surface area (Å²) < 4.78 is 5.60. The number of ether oxygens (including phenoxy) is 1. The van der Waals surface area contributed by atoms with E-state index in [1.54, 1.807) is 0 Å². The zero-order valence-electron chi connectivity index (χ0n) is 14.1. The van der Waals surface area contributed by atoms with Crippen molar-refractivity contribution >= 4 is 5.91 Å². The van der Waals surface area contributed by atoms with Crippen LogP contribution in [0.25, 0.3) is 0 Å². The molecule has 4 heteroatoms. The molecule has 1 aliphatic rings. The second-order valence-corrected chi connectivity index (χ2v) is 6.51. The lowest BCUT2D eigenvalue weighted by Gasteiger charge is -2.27. The van der Waals surface area contributed by atoms with Crippen LogP contribution in [0.4, 0.5) is 0 Å². The normalized spacial score (nSPS) is 21.0. The molecule has 2 rings (SSSR count). The minimum Gasteiger partial charge on any atom is -0.494 e. The van der Waals surface area contributed by atoms with E-state index in [1.165, 1.54) is 0 Å². The SMILES string of the molecule is CCCCOc1ccc(C(=O)NC[C@H]2CC[C@@H](CO)CC2)cc1. The van der Waals surface area contributed by atoms with Gasteiger partial charge >= 0.3 is 0 Å². The van der Waals surface area contributed by atoms with Crippen LogP contribution in [0.15, 0.2) is 24.3 Å². The highest BCUT2D eigenvalue weighted by molar-refractivity contribution is 5.94. The predicted octanol–water partition coefficient (Wildman–Crippen LogP) is 3.39. The predicted molar refractivity (Wildman–Crippen MR) is 91.7 cm³/mol. The lowest BCUT2D eigenvalue weighted by molar-refractivity contribution is 0.0937. The summed E-state index contributed by atoms with van der Waals surface area (Å²) in [6.45, 7) is 3.88. The van der Waals surface area contributed by atoms with Gasteiger partial charge in [-0.3, -0.25) is 4.79 Å². The van der Waals surface area contributed by atoms with Gasteiger partial charge in [-0.05, 0) is 68.2 Å². The Labute approximate surface area is 139 Å². The molecule has 1 aliphatic carbocycles. The largest absolute Gasteiger partial charge is 0.494 e. The number of rotatable bonds is 8. The molecule has 0 saturated heterocycles. The van der Waals surface area contributed by atoms with Crippen molar-refractivity contribution in [1.29, 1.82) is 0 Å². The van der Waals surface area contributed by atoms with Crippen molar-refractivity contribution in [3.05, 3.63) is 29.8 Å². The lowest BCUT2D eigenvalue weighted by Crippen LogP contribution is -2.31. The molecule has 1 amide bonds. The fraction of sp³-hybridized carbons (Fsp3) is 0.632. The highest BCUT2D eigenvalue weighted by atomic mass is 16.5. The Balaban J connectivity index is 1.73. The number of hydrogen-bond acceptors (Lipinski definition) is 3. The number of aliphatic hydroxyl groups excluding tert-OH is 1. The quantitative estimate of drug-likeness (QED) is 0.722. The molecule has 1 saturated carbocycles. The van der Waals surface area contributed by atoms with Gasteiger partial charge in [0.1, 0.15) is 5.75 Å². The molecule has 0 aliphatic heterocycles. The molecule has 1 aromatic carbocycles. The summed E-state index contributed by atoms with van der Waals surface area (Å²) in [5.41, 5.74) is 0.678. The Bertz CT molecular complexity index is 464. The van der Waals surface area contributed by atoms with Gasteiger partial charge in [-0.25, -0.2) is 0 Å². The molecule has 4 nitrogen and oxygen atoms in total. The molecule has 2 N–H and O–H groups in total. The maximum Gasteiger partial charge on any atom is 0.251 e. The maximum atomic E-state index is 12.2. The third-order valence-electron chi connectivity index (χ3n) is 4.66. The Morgan fingerprint density at radius 3 is 2.43 bits per heavy atom. The third-order valence-corrected chi connectivity index (χ3v) is 4.66. The second kappa shape index (κ2) is 9.56. The number of nitrogens with one attached hydrogen (secondary N) is 1. The Morgan fingerprint density at radius 2 is 1.83 bits per heavy atom. The van der Waals surface area contributed by atoms with E-state index in [9.17, 15) is 4.79 Å².